The molecule has 1 unspecified atom stereocenters. The van der Waals surface area contributed by atoms with Crippen LogP contribution in [0.25, 0.3) is 0 Å². The Hall–Kier alpha value is -1.40. The molecular formula is C18H28N2O3S. The van der Waals surface area contributed by atoms with Crippen molar-refractivity contribution in [1.82, 2.24) is 9.62 Å². The zero-order valence-electron chi connectivity index (χ0n) is 14.8. The molecule has 1 aliphatic rings. The molecule has 1 atom stereocenters. The highest BCUT2D eigenvalue weighted by Crippen LogP contribution is 2.27. The molecule has 6 heteroatoms. The van der Waals surface area contributed by atoms with Crippen molar-refractivity contribution in [1.29, 1.82) is 0 Å². The van der Waals surface area contributed by atoms with Crippen LogP contribution in [-0.4, -0.2) is 37.8 Å². The Morgan fingerprint density at radius 2 is 1.92 bits per heavy atom. The van der Waals surface area contributed by atoms with Crippen molar-refractivity contribution in [3.8, 4) is 0 Å². The molecule has 1 aromatic carbocycles. The lowest BCUT2D eigenvalue weighted by Crippen LogP contribution is -2.43. The van der Waals surface area contributed by atoms with E-state index in [2.05, 4.69) is 5.32 Å². The minimum Gasteiger partial charge on any atom is -0.352 e. The third-order valence-corrected chi connectivity index (χ3v) is 6.40. The summed E-state index contributed by atoms with van der Waals surface area (Å²) in [5.74, 6) is 0.204. The first-order valence-electron chi connectivity index (χ1n) is 8.76. The lowest BCUT2D eigenvalue weighted by Gasteiger charge is -2.34. The average Bonchev–Trinajstić information content (AvgIpc) is 2.59. The highest BCUT2D eigenvalue weighted by Gasteiger charge is 2.32. The van der Waals surface area contributed by atoms with E-state index in [9.17, 15) is 13.2 Å². The predicted octanol–water partition coefficient (Wildman–Crippen LogP) is 3.03. The summed E-state index contributed by atoms with van der Waals surface area (Å²) in [5.41, 5.74) is 0.486. The van der Waals surface area contributed by atoms with E-state index in [0.29, 0.717) is 24.6 Å². The number of sulfonamides is 1. The summed E-state index contributed by atoms with van der Waals surface area (Å²) in [6.07, 6.45) is 3.74. The summed E-state index contributed by atoms with van der Waals surface area (Å²) in [6.45, 7) is 7.26. The second kappa shape index (κ2) is 8.12. The normalized spacial score (nSPS) is 19.4. The molecule has 1 amide bonds. The van der Waals surface area contributed by atoms with Gasteiger partial charge in [-0.05, 0) is 49.4 Å². The number of nitrogens with zero attached hydrogens (tertiary/aromatic N) is 1. The smallest absolute Gasteiger partial charge is 0.251 e. The van der Waals surface area contributed by atoms with Crippen LogP contribution >= 0.6 is 0 Å². The Kier molecular flexibility index (Phi) is 6.40. The second-order valence-corrected chi connectivity index (χ2v) is 8.69. The molecule has 1 fully saturated rings. The predicted molar refractivity (Wildman–Crippen MR) is 95.4 cm³/mol. The molecule has 0 saturated carbocycles. The maximum atomic E-state index is 12.9. The van der Waals surface area contributed by atoms with Gasteiger partial charge in [0, 0.05) is 24.7 Å². The number of amides is 1. The highest BCUT2D eigenvalue weighted by atomic mass is 32.2. The topological polar surface area (TPSA) is 66.5 Å². The maximum Gasteiger partial charge on any atom is 0.251 e. The molecule has 1 heterocycles. The van der Waals surface area contributed by atoms with Gasteiger partial charge in [0.05, 0.1) is 4.90 Å². The number of piperidine rings is 1. The van der Waals surface area contributed by atoms with Crippen LogP contribution in [0.1, 0.15) is 56.8 Å². The first kappa shape index (κ1) is 18.9. The highest BCUT2D eigenvalue weighted by molar-refractivity contribution is 7.89. The molecule has 1 aliphatic heterocycles. The average molecular weight is 353 g/mol. The Bertz CT molecular complexity index is 653. The zero-order valence-corrected chi connectivity index (χ0v) is 15.6. The van der Waals surface area contributed by atoms with E-state index in [1.54, 1.807) is 28.6 Å². The monoisotopic (exact) mass is 352 g/mol. The summed E-state index contributed by atoms with van der Waals surface area (Å²) in [7, 11) is -3.49. The van der Waals surface area contributed by atoms with Crippen molar-refractivity contribution >= 4 is 15.9 Å². The minimum absolute atomic E-state index is 0.0813. The summed E-state index contributed by atoms with van der Waals surface area (Å²) in [4.78, 5) is 12.3. The lowest BCUT2D eigenvalue weighted by molar-refractivity contribution is 0.0949. The largest absolute Gasteiger partial charge is 0.352 e. The van der Waals surface area contributed by atoms with Gasteiger partial charge in [-0.2, -0.15) is 4.31 Å². The maximum absolute atomic E-state index is 12.9. The Labute approximate surface area is 145 Å². The van der Waals surface area contributed by atoms with Crippen molar-refractivity contribution < 1.29 is 13.2 Å². The fourth-order valence-corrected chi connectivity index (χ4v) is 4.78. The first-order chi connectivity index (χ1) is 11.4. The van der Waals surface area contributed by atoms with Gasteiger partial charge in [0.1, 0.15) is 0 Å². The Balaban J connectivity index is 2.15. The van der Waals surface area contributed by atoms with Gasteiger partial charge in [-0.3, -0.25) is 4.79 Å². The number of hydrogen-bond donors (Lipinski definition) is 1. The van der Waals surface area contributed by atoms with Gasteiger partial charge in [-0.15, -0.1) is 0 Å². The molecular weight excluding hydrogens is 324 g/mol. The quantitative estimate of drug-likeness (QED) is 0.856. The third-order valence-electron chi connectivity index (χ3n) is 4.44. The molecule has 0 aliphatic carbocycles. The lowest BCUT2D eigenvalue weighted by atomic mass is 10.0. The number of carbonyl (C=O) groups is 1. The molecule has 1 N–H and O–H groups in total. The van der Waals surface area contributed by atoms with Crippen LogP contribution < -0.4 is 5.32 Å². The van der Waals surface area contributed by atoms with Gasteiger partial charge in [-0.1, -0.05) is 27.2 Å². The van der Waals surface area contributed by atoms with E-state index < -0.39 is 10.0 Å². The van der Waals surface area contributed by atoms with Crippen molar-refractivity contribution in [2.24, 2.45) is 5.92 Å². The van der Waals surface area contributed by atoms with E-state index in [1.807, 2.05) is 20.8 Å². The van der Waals surface area contributed by atoms with Crippen LogP contribution in [0.5, 0.6) is 0 Å². The number of benzene rings is 1. The molecule has 0 aromatic heterocycles. The molecule has 24 heavy (non-hydrogen) atoms. The Morgan fingerprint density at radius 3 is 2.50 bits per heavy atom. The Morgan fingerprint density at radius 1 is 1.25 bits per heavy atom. The molecule has 134 valence electrons. The standard InChI is InChI=1S/C18H28N2O3S/c1-4-16-7-5-6-12-20(16)24(22,23)17-10-8-15(9-11-17)18(21)19-13-14(2)3/h8-11,14,16H,4-7,12-13H2,1-3H3,(H,19,21). The number of carbonyl (C=O) groups excluding carboxylic acids is 1. The fraction of sp³-hybridized carbons (Fsp3) is 0.611. The first-order valence-corrected chi connectivity index (χ1v) is 10.2. The number of nitrogens with one attached hydrogen (secondary N) is 1. The van der Waals surface area contributed by atoms with Gasteiger partial charge >= 0.3 is 0 Å². The van der Waals surface area contributed by atoms with E-state index in [1.165, 1.54) is 0 Å². The molecule has 0 spiro atoms. The van der Waals surface area contributed by atoms with Crippen LogP contribution in [0.2, 0.25) is 0 Å². The molecule has 0 radical (unpaired) electrons. The summed E-state index contributed by atoms with van der Waals surface area (Å²) in [6, 6.07) is 6.35. The van der Waals surface area contributed by atoms with E-state index in [-0.39, 0.29) is 16.8 Å². The SMILES string of the molecule is CCC1CCCCN1S(=O)(=O)c1ccc(C(=O)NCC(C)C)cc1. The molecule has 2 rings (SSSR count). The third kappa shape index (κ3) is 4.36. The van der Waals surface area contributed by atoms with Crippen LogP contribution in [0.3, 0.4) is 0 Å². The van der Waals surface area contributed by atoms with E-state index in [0.717, 1.165) is 25.7 Å². The van der Waals surface area contributed by atoms with Crippen LogP contribution in [-0.2, 0) is 10.0 Å². The van der Waals surface area contributed by atoms with Gasteiger partial charge < -0.3 is 5.32 Å². The fourth-order valence-electron chi connectivity index (χ4n) is 3.01. The van der Waals surface area contributed by atoms with E-state index >= 15 is 0 Å². The van der Waals surface area contributed by atoms with Gasteiger partial charge in [0.25, 0.3) is 5.91 Å². The van der Waals surface area contributed by atoms with E-state index in [4.69, 9.17) is 0 Å². The zero-order chi connectivity index (χ0) is 17.7. The summed E-state index contributed by atoms with van der Waals surface area (Å²) < 4.78 is 27.4. The van der Waals surface area contributed by atoms with Gasteiger partial charge in [-0.25, -0.2) is 8.42 Å². The van der Waals surface area contributed by atoms with Crippen LogP contribution in [0.15, 0.2) is 29.2 Å². The minimum atomic E-state index is -3.49. The second-order valence-electron chi connectivity index (χ2n) is 6.80. The van der Waals surface area contributed by atoms with Crippen molar-refractivity contribution in [2.45, 2.75) is 57.4 Å². The van der Waals surface area contributed by atoms with Crippen LogP contribution in [0, 0.1) is 5.92 Å². The van der Waals surface area contributed by atoms with Crippen molar-refractivity contribution in [3.63, 3.8) is 0 Å². The molecule has 1 saturated heterocycles. The molecule has 1 aromatic rings. The number of hydrogen-bond acceptors (Lipinski definition) is 3. The van der Waals surface area contributed by atoms with Gasteiger partial charge in [0.15, 0.2) is 0 Å². The van der Waals surface area contributed by atoms with Crippen molar-refractivity contribution in [3.05, 3.63) is 29.8 Å². The molecule has 5 nitrogen and oxygen atoms in total. The number of rotatable bonds is 6. The van der Waals surface area contributed by atoms with Gasteiger partial charge in [0.2, 0.25) is 10.0 Å². The summed E-state index contributed by atoms with van der Waals surface area (Å²) >= 11 is 0. The van der Waals surface area contributed by atoms with Crippen LogP contribution in [0.4, 0.5) is 0 Å². The van der Waals surface area contributed by atoms with Crippen molar-refractivity contribution in [2.75, 3.05) is 13.1 Å². The molecule has 0 bridgehead atoms. The summed E-state index contributed by atoms with van der Waals surface area (Å²) in [5, 5.41) is 2.84.